The van der Waals surface area contributed by atoms with Crippen molar-refractivity contribution in [1.82, 2.24) is 9.78 Å². The third-order valence-electron chi connectivity index (χ3n) is 3.26. The quantitative estimate of drug-likeness (QED) is 0.696. The molecule has 0 saturated heterocycles. The summed E-state index contributed by atoms with van der Waals surface area (Å²) in [6.45, 7) is 4.05. The number of carbonyl (C=O) groups excluding carboxylic acids is 1. The number of hydrogen-bond acceptors (Lipinski definition) is 4. The Kier molecular flexibility index (Phi) is 4.53. The van der Waals surface area contributed by atoms with Gasteiger partial charge in [0.15, 0.2) is 0 Å². The molecule has 0 amide bonds. The van der Waals surface area contributed by atoms with Crippen molar-refractivity contribution in [3.63, 3.8) is 0 Å². The van der Waals surface area contributed by atoms with Crippen LogP contribution in [-0.2, 0) is 17.6 Å². The molecule has 0 atom stereocenters. The predicted molar refractivity (Wildman–Crippen MR) is 83.1 cm³/mol. The average Bonchev–Trinajstić information content (AvgIpc) is 2.88. The third-order valence-corrected chi connectivity index (χ3v) is 3.55. The zero-order valence-electron chi connectivity index (χ0n) is 12.3. The lowest BCUT2D eigenvalue weighted by molar-refractivity contribution is 0.0600. The Morgan fingerprint density at radius 1 is 1.33 bits per heavy atom. The highest BCUT2D eigenvalue weighted by atomic mass is 35.5. The highest BCUT2D eigenvalue weighted by Crippen LogP contribution is 2.29. The molecule has 2 aromatic rings. The number of benzene rings is 1. The van der Waals surface area contributed by atoms with Crippen LogP contribution in [0.5, 0.6) is 0 Å². The van der Waals surface area contributed by atoms with Gasteiger partial charge < -0.3 is 10.5 Å². The molecule has 1 heterocycles. The minimum absolute atomic E-state index is 0.308. The van der Waals surface area contributed by atoms with Crippen LogP contribution in [0.25, 0.3) is 5.69 Å². The van der Waals surface area contributed by atoms with E-state index >= 15 is 0 Å². The molecule has 0 fully saturated rings. The van der Waals surface area contributed by atoms with E-state index in [9.17, 15) is 4.79 Å². The maximum atomic E-state index is 12.0. The number of esters is 1. The second kappa shape index (κ2) is 6.18. The number of aryl methyl sites for hydroxylation is 2. The molecule has 0 aliphatic rings. The van der Waals surface area contributed by atoms with E-state index in [0.717, 1.165) is 24.2 Å². The van der Waals surface area contributed by atoms with Gasteiger partial charge in [0.2, 0.25) is 0 Å². The minimum Gasteiger partial charge on any atom is -0.465 e. The molecule has 112 valence electrons. The number of carbonyl (C=O) groups is 1. The highest BCUT2D eigenvalue weighted by Gasteiger charge is 2.20. The van der Waals surface area contributed by atoms with Crippen LogP contribution >= 0.6 is 11.6 Å². The molecule has 0 bridgehead atoms. The lowest BCUT2D eigenvalue weighted by Crippen LogP contribution is -2.12. The smallest absolute Gasteiger partial charge is 0.340 e. The van der Waals surface area contributed by atoms with Crippen LogP contribution in [-0.4, -0.2) is 22.9 Å². The van der Waals surface area contributed by atoms with Gasteiger partial charge in [0.05, 0.1) is 29.1 Å². The van der Waals surface area contributed by atoms with Crippen LogP contribution < -0.4 is 5.73 Å². The Labute approximate surface area is 128 Å². The van der Waals surface area contributed by atoms with Crippen molar-refractivity contribution in [3.05, 3.63) is 40.2 Å². The molecule has 0 saturated carbocycles. The van der Waals surface area contributed by atoms with E-state index in [1.807, 2.05) is 19.9 Å². The first-order valence-corrected chi connectivity index (χ1v) is 7.15. The number of halogens is 1. The van der Waals surface area contributed by atoms with Gasteiger partial charge in [-0.1, -0.05) is 25.4 Å². The van der Waals surface area contributed by atoms with Crippen molar-refractivity contribution >= 4 is 23.3 Å². The molecule has 0 aliphatic heterocycles. The maximum absolute atomic E-state index is 12.0. The highest BCUT2D eigenvalue weighted by molar-refractivity contribution is 6.33. The number of methoxy groups -OCH3 is 1. The maximum Gasteiger partial charge on any atom is 0.340 e. The number of nitrogens with two attached hydrogens (primary N) is 1. The normalized spacial score (nSPS) is 10.7. The van der Waals surface area contributed by atoms with Gasteiger partial charge >= 0.3 is 5.97 Å². The van der Waals surface area contributed by atoms with Crippen LogP contribution in [0.15, 0.2) is 18.2 Å². The lowest BCUT2D eigenvalue weighted by Gasteiger charge is -2.13. The number of nitrogens with zero attached hydrogens (tertiary/aromatic N) is 2. The zero-order valence-corrected chi connectivity index (χ0v) is 13.1. The summed E-state index contributed by atoms with van der Waals surface area (Å²) < 4.78 is 6.52. The first kappa shape index (κ1) is 15.4. The summed E-state index contributed by atoms with van der Waals surface area (Å²) in [5, 5.41) is 4.89. The van der Waals surface area contributed by atoms with E-state index < -0.39 is 5.97 Å². The lowest BCUT2D eigenvalue weighted by atomic mass is 10.1. The Hall–Kier alpha value is -2.01. The van der Waals surface area contributed by atoms with Crippen LogP contribution in [0.4, 0.5) is 5.69 Å². The number of nitrogen functional groups attached to an aromatic ring is 1. The Morgan fingerprint density at radius 2 is 2.05 bits per heavy atom. The van der Waals surface area contributed by atoms with Crippen molar-refractivity contribution in [2.24, 2.45) is 0 Å². The van der Waals surface area contributed by atoms with E-state index in [0.29, 0.717) is 22.0 Å². The summed E-state index contributed by atoms with van der Waals surface area (Å²) in [6, 6.07) is 5.17. The molecule has 1 aromatic heterocycles. The van der Waals surface area contributed by atoms with Crippen molar-refractivity contribution < 1.29 is 9.53 Å². The molecule has 6 heteroatoms. The summed E-state index contributed by atoms with van der Waals surface area (Å²) in [6.07, 6.45) is 1.58. The largest absolute Gasteiger partial charge is 0.465 e. The zero-order chi connectivity index (χ0) is 15.6. The molecule has 1 aromatic carbocycles. The second-order valence-electron chi connectivity index (χ2n) is 4.64. The standard InChI is InChI=1S/C15H18ClN3O2/c1-4-10-8-11(5-2)19(18-10)14-12(15(20)21-3)6-9(17)7-13(14)16/h6-8H,4-5,17H2,1-3H3. The molecule has 0 spiro atoms. The number of hydrogen-bond donors (Lipinski definition) is 1. The summed E-state index contributed by atoms with van der Waals surface area (Å²) in [5.74, 6) is -0.491. The van der Waals surface area contributed by atoms with Crippen molar-refractivity contribution in [3.8, 4) is 5.69 Å². The molecule has 0 unspecified atom stereocenters. The fourth-order valence-electron chi connectivity index (χ4n) is 2.19. The summed E-state index contributed by atoms with van der Waals surface area (Å²) in [7, 11) is 1.32. The van der Waals surface area contributed by atoms with Gasteiger partial charge in [-0.15, -0.1) is 0 Å². The number of ether oxygens (including phenoxy) is 1. The topological polar surface area (TPSA) is 70.1 Å². The van der Waals surface area contributed by atoms with Gasteiger partial charge in [0.1, 0.15) is 0 Å². The third kappa shape index (κ3) is 2.88. The molecule has 2 rings (SSSR count). The van der Waals surface area contributed by atoms with E-state index in [1.165, 1.54) is 7.11 Å². The molecule has 0 radical (unpaired) electrons. The van der Waals surface area contributed by atoms with Gasteiger partial charge in [-0.05, 0) is 31.0 Å². The molecule has 5 nitrogen and oxygen atoms in total. The van der Waals surface area contributed by atoms with E-state index in [-0.39, 0.29) is 0 Å². The molecule has 0 aliphatic carbocycles. The summed E-state index contributed by atoms with van der Waals surface area (Å²) in [4.78, 5) is 12.0. The number of anilines is 1. The van der Waals surface area contributed by atoms with Crippen molar-refractivity contribution in [2.45, 2.75) is 26.7 Å². The monoisotopic (exact) mass is 307 g/mol. The Balaban J connectivity index is 2.73. The van der Waals surface area contributed by atoms with Gasteiger partial charge in [-0.2, -0.15) is 5.10 Å². The van der Waals surface area contributed by atoms with Crippen molar-refractivity contribution in [2.75, 3.05) is 12.8 Å². The van der Waals surface area contributed by atoms with Crippen molar-refractivity contribution in [1.29, 1.82) is 0 Å². The fraction of sp³-hybridized carbons (Fsp3) is 0.333. The molecule has 21 heavy (non-hydrogen) atoms. The van der Waals surface area contributed by atoms with Crippen LogP contribution in [0.2, 0.25) is 5.02 Å². The number of aromatic nitrogens is 2. The van der Waals surface area contributed by atoms with Gasteiger partial charge in [0, 0.05) is 11.4 Å². The van der Waals surface area contributed by atoms with E-state index in [4.69, 9.17) is 22.1 Å². The first-order valence-electron chi connectivity index (χ1n) is 6.77. The van der Waals surface area contributed by atoms with Crippen LogP contribution in [0.3, 0.4) is 0 Å². The van der Waals surface area contributed by atoms with Gasteiger partial charge in [0.25, 0.3) is 0 Å². The average molecular weight is 308 g/mol. The fourth-order valence-corrected chi connectivity index (χ4v) is 2.50. The first-order chi connectivity index (χ1) is 10.0. The predicted octanol–water partition coefficient (Wildman–Crippen LogP) is 3.02. The van der Waals surface area contributed by atoms with Crippen LogP contribution in [0, 0.1) is 0 Å². The summed E-state index contributed by atoms with van der Waals surface area (Å²) in [5.41, 5.74) is 8.92. The SMILES string of the molecule is CCc1cc(CC)n(-c2c(Cl)cc(N)cc2C(=O)OC)n1. The minimum atomic E-state index is -0.491. The molecular formula is C15H18ClN3O2. The van der Waals surface area contributed by atoms with E-state index in [1.54, 1.807) is 16.8 Å². The second-order valence-corrected chi connectivity index (χ2v) is 5.04. The van der Waals surface area contributed by atoms with E-state index in [2.05, 4.69) is 5.10 Å². The molecular weight excluding hydrogens is 290 g/mol. The van der Waals surface area contributed by atoms with Crippen LogP contribution in [0.1, 0.15) is 35.6 Å². The Morgan fingerprint density at radius 3 is 2.62 bits per heavy atom. The van der Waals surface area contributed by atoms with Gasteiger partial charge in [-0.3, -0.25) is 0 Å². The Bertz CT molecular complexity index is 680. The van der Waals surface area contributed by atoms with Gasteiger partial charge in [-0.25, -0.2) is 9.48 Å². The number of rotatable bonds is 4. The molecule has 2 N–H and O–H groups in total. The summed E-state index contributed by atoms with van der Waals surface area (Å²) >= 11 is 6.30.